The highest BCUT2D eigenvalue weighted by Crippen LogP contribution is 2.64. The molecule has 1 saturated heterocycles. The SMILES string of the molecule is CN(C1CCCCC1)S(=O)(=O)N1CCC2(CC1)CC2c1nnc(-c2cccc(F)c2)o1. The molecule has 0 N–H and O–H groups in total. The second kappa shape index (κ2) is 7.94. The minimum atomic E-state index is -3.42. The van der Waals surface area contributed by atoms with Gasteiger partial charge in [0.25, 0.3) is 10.2 Å². The van der Waals surface area contributed by atoms with Gasteiger partial charge < -0.3 is 4.42 Å². The highest BCUT2D eigenvalue weighted by molar-refractivity contribution is 7.86. The minimum absolute atomic E-state index is 0.0428. The zero-order valence-corrected chi connectivity index (χ0v) is 18.7. The van der Waals surface area contributed by atoms with E-state index in [-0.39, 0.29) is 23.2 Å². The van der Waals surface area contributed by atoms with Gasteiger partial charge in [-0.05, 0) is 55.7 Å². The van der Waals surface area contributed by atoms with Gasteiger partial charge in [-0.2, -0.15) is 17.0 Å². The molecule has 0 radical (unpaired) electrons. The van der Waals surface area contributed by atoms with Crippen LogP contribution in [0.3, 0.4) is 0 Å². The third kappa shape index (κ3) is 3.91. The smallest absolute Gasteiger partial charge is 0.281 e. The lowest BCUT2D eigenvalue weighted by molar-refractivity contribution is 0.216. The molecule has 5 rings (SSSR count). The molecule has 0 amide bonds. The van der Waals surface area contributed by atoms with Crippen LogP contribution in [0, 0.1) is 11.2 Å². The molecule has 3 aliphatic rings. The summed E-state index contributed by atoms with van der Waals surface area (Å²) in [6.07, 6.45) is 7.87. The molecule has 2 saturated carbocycles. The maximum absolute atomic E-state index is 13.5. The Morgan fingerprint density at radius 1 is 1.16 bits per heavy atom. The van der Waals surface area contributed by atoms with Gasteiger partial charge in [0.2, 0.25) is 11.8 Å². The van der Waals surface area contributed by atoms with Gasteiger partial charge in [-0.3, -0.25) is 0 Å². The average Bonchev–Trinajstić information content (AvgIpc) is 3.24. The van der Waals surface area contributed by atoms with Crippen LogP contribution in [0.4, 0.5) is 4.39 Å². The summed E-state index contributed by atoms with van der Waals surface area (Å²) in [7, 11) is -1.68. The summed E-state index contributed by atoms with van der Waals surface area (Å²) in [6, 6.07) is 6.25. The van der Waals surface area contributed by atoms with Crippen molar-refractivity contribution in [3.05, 3.63) is 36.0 Å². The number of rotatable bonds is 5. The molecule has 1 atom stereocenters. The maximum atomic E-state index is 13.5. The molecule has 0 bridgehead atoms. The van der Waals surface area contributed by atoms with Gasteiger partial charge in [-0.1, -0.05) is 25.3 Å². The van der Waals surface area contributed by atoms with Gasteiger partial charge in [-0.15, -0.1) is 10.2 Å². The van der Waals surface area contributed by atoms with Crippen molar-refractivity contribution in [2.24, 2.45) is 5.41 Å². The Labute approximate surface area is 182 Å². The third-order valence-electron chi connectivity index (χ3n) is 7.50. The molecule has 1 unspecified atom stereocenters. The van der Waals surface area contributed by atoms with Crippen LogP contribution in [0.5, 0.6) is 0 Å². The second-order valence-electron chi connectivity index (χ2n) is 9.29. The van der Waals surface area contributed by atoms with Crippen molar-refractivity contribution in [1.82, 2.24) is 18.8 Å². The number of aromatic nitrogens is 2. The number of hydrogen-bond donors (Lipinski definition) is 0. The van der Waals surface area contributed by atoms with E-state index >= 15 is 0 Å². The largest absolute Gasteiger partial charge is 0.420 e. The van der Waals surface area contributed by atoms with Gasteiger partial charge in [0.1, 0.15) is 5.82 Å². The quantitative estimate of drug-likeness (QED) is 0.692. The molecule has 2 aliphatic carbocycles. The monoisotopic (exact) mass is 448 g/mol. The van der Waals surface area contributed by atoms with Crippen molar-refractivity contribution >= 4 is 10.2 Å². The van der Waals surface area contributed by atoms with E-state index in [2.05, 4.69) is 10.2 Å². The standard InChI is InChI=1S/C22H29FN4O3S/c1-26(18-8-3-2-4-9-18)31(28,29)27-12-10-22(11-13-27)15-19(22)21-25-24-20(30-21)16-6-5-7-17(23)14-16/h5-7,14,18-19H,2-4,8-13,15H2,1H3. The van der Waals surface area contributed by atoms with Crippen LogP contribution in [0.1, 0.15) is 63.2 Å². The van der Waals surface area contributed by atoms with Gasteiger partial charge >= 0.3 is 0 Å². The van der Waals surface area contributed by atoms with Crippen molar-refractivity contribution < 1.29 is 17.2 Å². The van der Waals surface area contributed by atoms with Crippen molar-refractivity contribution in [2.75, 3.05) is 20.1 Å². The lowest BCUT2D eigenvalue weighted by atomic mass is 9.92. The molecule has 2 aromatic rings. The van der Waals surface area contributed by atoms with Crippen LogP contribution in [0.15, 0.2) is 28.7 Å². The second-order valence-corrected chi connectivity index (χ2v) is 11.3. The Morgan fingerprint density at radius 2 is 1.90 bits per heavy atom. The summed E-state index contributed by atoms with van der Waals surface area (Å²) >= 11 is 0. The number of hydrogen-bond acceptors (Lipinski definition) is 5. The highest BCUT2D eigenvalue weighted by atomic mass is 32.2. The van der Waals surface area contributed by atoms with Crippen LogP contribution in [0.2, 0.25) is 0 Å². The van der Waals surface area contributed by atoms with Crippen molar-refractivity contribution in [2.45, 2.75) is 63.3 Å². The predicted octanol–water partition coefficient (Wildman–Crippen LogP) is 3.95. The first-order chi connectivity index (χ1) is 14.9. The van der Waals surface area contributed by atoms with E-state index in [1.54, 1.807) is 27.8 Å². The summed E-state index contributed by atoms with van der Waals surface area (Å²) in [5, 5.41) is 8.31. The zero-order valence-electron chi connectivity index (χ0n) is 17.8. The Kier molecular flexibility index (Phi) is 5.38. The molecule has 31 heavy (non-hydrogen) atoms. The molecule has 1 spiro atoms. The van der Waals surface area contributed by atoms with E-state index in [1.807, 2.05) is 0 Å². The Balaban J connectivity index is 1.22. The molecule has 9 heteroatoms. The zero-order chi connectivity index (χ0) is 21.6. The molecular formula is C22H29FN4O3S. The molecule has 1 aromatic heterocycles. The Bertz CT molecular complexity index is 1040. The fraction of sp³-hybridized carbons (Fsp3) is 0.636. The molecule has 3 fully saturated rings. The fourth-order valence-corrected chi connectivity index (χ4v) is 6.94. The number of piperidine rings is 1. The summed E-state index contributed by atoms with van der Waals surface area (Å²) in [5.74, 6) is 0.718. The first-order valence-corrected chi connectivity index (χ1v) is 12.6. The summed E-state index contributed by atoms with van der Waals surface area (Å²) in [4.78, 5) is 0. The summed E-state index contributed by atoms with van der Waals surface area (Å²) < 4.78 is 48.9. The summed E-state index contributed by atoms with van der Waals surface area (Å²) in [6.45, 7) is 1.06. The first-order valence-electron chi connectivity index (χ1n) is 11.2. The van der Waals surface area contributed by atoms with Gasteiger partial charge in [0, 0.05) is 37.7 Å². The maximum Gasteiger partial charge on any atom is 0.281 e. The van der Waals surface area contributed by atoms with Crippen LogP contribution in [0.25, 0.3) is 11.5 Å². The number of benzene rings is 1. The third-order valence-corrected chi connectivity index (χ3v) is 9.54. The van der Waals surface area contributed by atoms with Crippen molar-refractivity contribution in [3.63, 3.8) is 0 Å². The van der Waals surface area contributed by atoms with Crippen LogP contribution >= 0.6 is 0 Å². The average molecular weight is 449 g/mol. The van der Waals surface area contributed by atoms with Gasteiger partial charge in [0.15, 0.2) is 0 Å². The lowest BCUT2D eigenvalue weighted by Gasteiger charge is -2.37. The molecule has 7 nitrogen and oxygen atoms in total. The predicted molar refractivity (Wildman–Crippen MR) is 114 cm³/mol. The van der Waals surface area contributed by atoms with E-state index in [4.69, 9.17) is 4.42 Å². The minimum Gasteiger partial charge on any atom is -0.420 e. The molecule has 168 valence electrons. The van der Waals surface area contributed by atoms with Gasteiger partial charge in [-0.25, -0.2) is 4.39 Å². The van der Waals surface area contributed by atoms with E-state index in [1.165, 1.54) is 18.6 Å². The van der Waals surface area contributed by atoms with Crippen molar-refractivity contribution in [3.8, 4) is 11.5 Å². The van der Waals surface area contributed by atoms with E-state index in [9.17, 15) is 12.8 Å². The highest BCUT2D eigenvalue weighted by Gasteiger charge is 2.59. The Hall–Kier alpha value is -1.84. The topological polar surface area (TPSA) is 79.5 Å². The molecule has 2 heterocycles. The summed E-state index contributed by atoms with van der Waals surface area (Å²) in [5.41, 5.74) is 0.612. The first kappa shape index (κ1) is 21.0. The number of nitrogens with zero attached hydrogens (tertiary/aromatic N) is 4. The molecule has 1 aromatic carbocycles. The van der Waals surface area contributed by atoms with E-state index in [0.717, 1.165) is 44.9 Å². The van der Waals surface area contributed by atoms with Crippen molar-refractivity contribution in [1.29, 1.82) is 0 Å². The fourth-order valence-electron chi connectivity index (χ4n) is 5.34. The number of halogens is 1. The van der Waals surface area contributed by atoms with Crippen LogP contribution in [-0.2, 0) is 10.2 Å². The van der Waals surface area contributed by atoms with Crippen LogP contribution < -0.4 is 0 Å². The lowest BCUT2D eigenvalue weighted by Crippen LogP contribution is -2.49. The Morgan fingerprint density at radius 3 is 2.61 bits per heavy atom. The van der Waals surface area contributed by atoms with E-state index in [0.29, 0.717) is 30.4 Å². The molecule has 1 aliphatic heterocycles. The molecular weight excluding hydrogens is 419 g/mol. The van der Waals surface area contributed by atoms with Crippen LogP contribution in [-0.4, -0.2) is 53.4 Å². The van der Waals surface area contributed by atoms with Gasteiger partial charge in [0.05, 0.1) is 0 Å². The van der Waals surface area contributed by atoms with E-state index < -0.39 is 10.2 Å². The normalized spacial score (nSPS) is 24.7.